The molecule has 2 rings (SSSR count). The number of anilines is 1. The third-order valence-corrected chi connectivity index (χ3v) is 5.45. The molecule has 0 saturated carbocycles. The monoisotopic (exact) mass is 445 g/mol. The molecule has 0 aliphatic heterocycles. The second-order valence-corrected chi connectivity index (χ2v) is 7.07. The van der Waals surface area contributed by atoms with Crippen LogP contribution >= 0.6 is 61.5 Å². The average Bonchev–Trinajstić information content (AvgIpc) is 2.57. The topological polar surface area (TPSA) is 12.0 Å². The van der Waals surface area contributed by atoms with E-state index in [1.165, 1.54) is 23.5 Å². The first-order valence-electron chi connectivity index (χ1n) is 4.69. The highest BCUT2D eigenvalue weighted by atomic mass is 127. The van der Waals surface area contributed by atoms with E-state index in [9.17, 15) is 4.39 Å². The van der Waals surface area contributed by atoms with Gasteiger partial charge in [-0.1, -0.05) is 11.6 Å². The second kappa shape index (κ2) is 5.86. The van der Waals surface area contributed by atoms with Gasteiger partial charge in [0.05, 0.1) is 0 Å². The quantitative estimate of drug-likeness (QED) is 0.613. The zero-order valence-corrected chi connectivity index (χ0v) is 13.8. The summed E-state index contributed by atoms with van der Waals surface area (Å²) in [6, 6.07) is 6.67. The number of benzene rings is 1. The number of hydrogen-bond acceptors (Lipinski definition) is 2. The Hall–Kier alpha value is 0.150. The molecule has 0 spiro atoms. The highest BCUT2D eigenvalue weighted by Crippen LogP contribution is 2.32. The molecule has 1 aromatic heterocycles. The molecule has 0 fully saturated rings. The van der Waals surface area contributed by atoms with Crippen molar-refractivity contribution in [2.24, 2.45) is 0 Å². The van der Waals surface area contributed by atoms with Crippen LogP contribution in [0.2, 0.25) is 4.34 Å². The van der Waals surface area contributed by atoms with E-state index in [1.807, 2.05) is 6.07 Å². The van der Waals surface area contributed by atoms with Crippen molar-refractivity contribution >= 4 is 67.1 Å². The predicted octanol–water partition coefficient (Wildman–Crippen LogP) is 5.52. The van der Waals surface area contributed by atoms with E-state index in [-0.39, 0.29) is 5.82 Å². The van der Waals surface area contributed by atoms with E-state index < -0.39 is 0 Å². The molecule has 2 aromatic rings. The largest absolute Gasteiger partial charge is 0.379 e. The molecule has 1 heterocycles. The number of thiophene rings is 1. The first-order chi connectivity index (χ1) is 8.06. The summed E-state index contributed by atoms with van der Waals surface area (Å²) >= 11 is 13.0. The van der Waals surface area contributed by atoms with Crippen LogP contribution in [0.15, 0.2) is 28.7 Å². The molecule has 0 bridgehead atoms. The number of rotatable bonds is 3. The lowest BCUT2D eigenvalue weighted by Gasteiger charge is -2.07. The third kappa shape index (κ3) is 3.56. The molecule has 0 aliphatic carbocycles. The van der Waals surface area contributed by atoms with E-state index in [0.717, 1.165) is 22.9 Å². The molecule has 0 amide bonds. The first kappa shape index (κ1) is 13.6. The van der Waals surface area contributed by atoms with Crippen LogP contribution in [-0.4, -0.2) is 0 Å². The molecule has 1 N–H and O–H groups in total. The van der Waals surface area contributed by atoms with E-state index >= 15 is 0 Å². The summed E-state index contributed by atoms with van der Waals surface area (Å²) in [5.74, 6) is -0.220. The molecule has 0 aliphatic rings. The van der Waals surface area contributed by atoms with Gasteiger partial charge in [0.15, 0.2) is 0 Å². The summed E-state index contributed by atoms with van der Waals surface area (Å²) in [6.45, 7) is 0.678. The summed E-state index contributed by atoms with van der Waals surface area (Å²) in [5.41, 5.74) is 0.924. The smallest absolute Gasteiger partial charge is 0.124 e. The van der Waals surface area contributed by atoms with Crippen LogP contribution in [0.25, 0.3) is 0 Å². The Morgan fingerprint density at radius 2 is 2.18 bits per heavy atom. The number of nitrogens with one attached hydrogen (secondary N) is 1. The van der Waals surface area contributed by atoms with Gasteiger partial charge in [0.25, 0.3) is 0 Å². The molecular formula is C11H7BrClFINS. The minimum absolute atomic E-state index is 0.220. The van der Waals surface area contributed by atoms with Crippen molar-refractivity contribution in [2.75, 3.05) is 5.32 Å². The fourth-order valence-electron chi connectivity index (χ4n) is 1.29. The maximum absolute atomic E-state index is 12.9. The summed E-state index contributed by atoms with van der Waals surface area (Å²) < 4.78 is 15.4. The third-order valence-electron chi connectivity index (χ3n) is 2.08. The lowest BCUT2D eigenvalue weighted by Crippen LogP contribution is -1.99. The van der Waals surface area contributed by atoms with Crippen molar-refractivity contribution in [3.63, 3.8) is 0 Å². The van der Waals surface area contributed by atoms with Crippen molar-refractivity contribution in [2.45, 2.75) is 6.54 Å². The maximum atomic E-state index is 12.9. The Morgan fingerprint density at radius 3 is 2.76 bits per heavy atom. The average molecular weight is 447 g/mol. The van der Waals surface area contributed by atoms with Gasteiger partial charge < -0.3 is 5.32 Å². The fraction of sp³-hybridized carbons (Fsp3) is 0.0909. The van der Waals surface area contributed by atoms with E-state index in [2.05, 4.69) is 43.8 Å². The summed E-state index contributed by atoms with van der Waals surface area (Å²) in [6.07, 6.45) is 0. The van der Waals surface area contributed by atoms with Gasteiger partial charge in [-0.05, 0) is 62.8 Å². The lowest BCUT2D eigenvalue weighted by atomic mass is 10.3. The molecule has 0 saturated heterocycles. The molecule has 0 atom stereocenters. The fourth-order valence-corrected chi connectivity index (χ4v) is 3.69. The first-order valence-corrected chi connectivity index (χ1v) is 7.75. The minimum Gasteiger partial charge on any atom is -0.379 e. The van der Waals surface area contributed by atoms with Crippen LogP contribution in [0.3, 0.4) is 0 Å². The van der Waals surface area contributed by atoms with E-state index in [4.69, 9.17) is 11.6 Å². The zero-order valence-electron chi connectivity index (χ0n) is 8.44. The molecule has 0 unspecified atom stereocenters. The van der Waals surface area contributed by atoms with Gasteiger partial charge in [-0.15, -0.1) is 11.3 Å². The Balaban J connectivity index is 2.07. The highest BCUT2D eigenvalue weighted by Gasteiger charge is 2.05. The van der Waals surface area contributed by atoms with Gasteiger partial charge in [-0.3, -0.25) is 0 Å². The van der Waals surface area contributed by atoms with Crippen molar-refractivity contribution in [1.29, 1.82) is 0 Å². The van der Waals surface area contributed by atoms with Gasteiger partial charge in [-0.2, -0.15) is 0 Å². The van der Waals surface area contributed by atoms with Gasteiger partial charge in [0, 0.05) is 25.2 Å². The van der Waals surface area contributed by atoms with Crippen molar-refractivity contribution < 1.29 is 4.39 Å². The summed E-state index contributed by atoms with van der Waals surface area (Å²) in [5, 5.41) is 3.25. The van der Waals surface area contributed by atoms with Gasteiger partial charge >= 0.3 is 0 Å². The maximum Gasteiger partial charge on any atom is 0.124 e. The number of hydrogen-bond donors (Lipinski definition) is 1. The van der Waals surface area contributed by atoms with E-state index in [0.29, 0.717) is 6.54 Å². The Bertz CT molecular complexity index is 527. The molecule has 1 aromatic carbocycles. The molecule has 1 nitrogen and oxygen atoms in total. The highest BCUT2D eigenvalue weighted by molar-refractivity contribution is 14.1. The Labute approximate surface area is 130 Å². The van der Waals surface area contributed by atoms with Crippen LogP contribution in [0, 0.1) is 9.39 Å². The standard InChI is InChI=1S/C11H7BrClFINS/c12-8-4-7(17-11(8)13)5-16-10-2-1-6(14)3-9(10)15/h1-4,16H,5H2. The van der Waals surface area contributed by atoms with Crippen LogP contribution < -0.4 is 5.32 Å². The molecule has 90 valence electrons. The summed E-state index contributed by atoms with van der Waals surface area (Å²) in [7, 11) is 0. The van der Waals surface area contributed by atoms with Crippen LogP contribution in [-0.2, 0) is 6.54 Å². The molecule has 6 heteroatoms. The van der Waals surface area contributed by atoms with E-state index in [1.54, 1.807) is 6.07 Å². The zero-order chi connectivity index (χ0) is 12.4. The summed E-state index contributed by atoms with van der Waals surface area (Å²) in [4.78, 5) is 1.13. The number of halogens is 4. The van der Waals surface area contributed by atoms with Crippen molar-refractivity contribution in [1.82, 2.24) is 0 Å². The Morgan fingerprint density at radius 1 is 1.41 bits per heavy atom. The van der Waals surface area contributed by atoms with Crippen molar-refractivity contribution in [3.05, 3.63) is 47.3 Å². The van der Waals surface area contributed by atoms with Crippen LogP contribution in [0.5, 0.6) is 0 Å². The van der Waals surface area contributed by atoms with Gasteiger partial charge in [0.1, 0.15) is 10.2 Å². The van der Waals surface area contributed by atoms with Gasteiger partial charge in [0.2, 0.25) is 0 Å². The minimum atomic E-state index is -0.220. The molecule has 17 heavy (non-hydrogen) atoms. The SMILES string of the molecule is Fc1ccc(NCc2cc(Br)c(Cl)s2)c(I)c1. The van der Waals surface area contributed by atoms with Crippen LogP contribution in [0.1, 0.15) is 4.88 Å². The molecule has 0 radical (unpaired) electrons. The molecular weight excluding hydrogens is 439 g/mol. The second-order valence-electron chi connectivity index (χ2n) is 3.31. The lowest BCUT2D eigenvalue weighted by molar-refractivity contribution is 0.627. The predicted molar refractivity (Wildman–Crippen MR) is 83.5 cm³/mol. The Kier molecular flexibility index (Phi) is 4.68. The van der Waals surface area contributed by atoms with Crippen LogP contribution in [0.4, 0.5) is 10.1 Å². The van der Waals surface area contributed by atoms with Crippen molar-refractivity contribution in [3.8, 4) is 0 Å². The normalized spacial score (nSPS) is 10.6. The van der Waals surface area contributed by atoms with Gasteiger partial charge in [-0.25, -0.2) is 4.39 Å².